The largest absolute Gasteiger partial charge is 0.327 e. The molecule has 0 saturated carbocycles. The van der Waals surface area contributed by atoms with E-state index in [1.165, 1.54) is 21.6 Å². The monoisotopic (exact) mass is 349 g/mol. The first-order valence-electron chi connectivity index (χ1n) is 6.74. The summed E-state index contributed by atoms with van der Waals surface area (Å²) in [5.41, 5.74) is 10.3. The molecule has 0 bridgehead atoms. The average Bonchev–Trinajstić information content (AvgIpc) is 2.42. The number of rotatable bonds is 5. The Hall–Kier alpha value is -0.770. The molecule has 1 atom stereocenters. The van der Waals surface area contributed by atoms with Gasteiger partial charge in [-0.2, -0.15) is 0 Å². The lowest BCUT2D eigenvalue weighted by molar-refractivity contribution is 0.748. The fraction of sp³-hybridized carbons (Fsp3) is 0.294. The molecule has 0 radical (unpaired) electrons. The maximum absolute atomic E-state index is 6.24. The van der Waals surface area contributed by atoms with Crippen LogP contribution in [0.5, 0.6) is 0 Å². The second-order valence-corrected chi connectivity index (χ2v) is 7.16. The van der Waals surface area contributed by atoms with Gasteiger partial charge in [-0.3, -0.25) is 0 Å². The predicted molar refractivity (Wildman–Crippen MR) is 92.5 cm³/mol. The van der Waals surface area contributed by atoms with Crippen LogP contribution in [0.15, 0.2) is 51.8 Å². The molecule has 2 aromatic rings. The molecule has 0 aliphatic carbocycles. The lowest BCUT2D eigenvalue weighted by Gasteiger charge is -2.12. The maximum atomic E-state index is 6.24. The van der Waals surface area contributed by atoms with Crippen molar-refractivity contribution in [2.24, 2.45) is 5.73 Å². The fourth-order valence-corrected chi connectivity index (χ4v) is 3.14. The third kappa shape index (κ3) is 4.65. The number of thioether (sulfide) groups is 1. The predicted octanol–water partition coefficient (Wildman–Crippen LogP) is 4.73. The van der Waals surface area contributed by atoms with Gasteiger partial charge in [-0.25, -0.2) is 0 Å². The Morgan fingerprint density at radius 3 is 2.40 bits per heavy atom. The Bertz CT molecular complexity index is 566. The van der Waals surface area contributed by atoms with E-state index >= 15 is 0 Å². The summed E-state index contributed by atoms with van der Waals surface area (Å²) < 4.78 is 1.11. The van der Waals surface area contributed by atoms with Crippen LogP contribution in [0.25, 0.3) is 0 Å². The van der Waals surface area contributed by atoms with Gasteiger partial charge in [0.2, 0.25) is 0 Å². The van der Waals surface area contributed by atoms with E-state index in [0.29, 0.717) is 0 Å². The summed E-state index contributed by atoms with van der Waals surface area (Å²) in [6.07, 6.45) is 0.935. The molecule has 0 spiro atoms. The van der Waals surface area contributed by atoms with Gasteiger partial charge >= 0.3 is 0 Å². The van der Waals surface area contributed by atoms with Crippen LogP contribution in [0.1, 0.15) is 16.7 Å². The molecule has 0 aliphatic rings. The van der Waals surface area contributed by atoms with Gasteiger partial charge in [0.1, 0.15) is 0 Å². The van der Waals surface area contributed by atoms with Crippen molar-refractivity contribution >= 4 is 27.7 Å². The van der Waals surface area contributed by atoms with Gasteiger partial charge in [0.05, 0.1) is 0 Å². The summed E-state index contributed by atoms with van der Waals surface area (Å²) in [7, 11) is 0. The Morgan fingerprint density at radius 2 is 1.75 bits per heavy atom. The van der Waals surface area contributed by atoms with E-state index in [0.717, 1.165) is 16.6 Å². The quantitative estimate of drug-likeness (QED) is 0.789. The molecular formula is C17H20BrNS. The van der Waals surface area contributed by atoms with E-state index in [-0.39, 0.29) is 6.04 Å². The Kier molecular flexibility index (Phi) is 5.70. The van der Waals surface area contributed by atoms with Crippen LogP contribution in [0.3, 0.4) is 0 Å². The van der Waals surface area contributed by atoms with Crippen molar-refractivity contribution in [3.05, 3.63) is 63.6 Å². The SMILES string of the molecule is Cc1ccc(CC(N)CSc2ccc(Br)cc2)cc1C. The van der Waals surface area contributed by atoms with Crippen LogP contribution in [-0.4, -0.2) is 11.8 Å². The molecule has 0 fully saturated rings. The number of benzene rings is 2. The summed E-state index contributed by atoms with van der Waals surface area (Å²) in [5.74, 6) is 0.939. The third-order valence-corrected chi connectivity index (χ3v) is 5.08. The Balaban J connectivity index is 1.87. The minimum absolute atomic E-state index is 0.186. The first kappa shape index (κ1) is 15.6. The van der Waals surface area contributed by atoms with E-state index in [9.17, 15) is 0 Å². The lowest BCUT2D eigenvalue weighted by atomic mass is 10.0. The van der Waals surface area contributed by atoms with Crippen molar-refractivity contribution in [3.8, 4) is 0 Å². The van der Waals surface area contributed by atoms with E-state index in [1.807, 2.05) is 11.8 Å². The van der Waals surface area contributed by atoms with Crippen molar-refractivity contribution in [2.75, 3.05) is 5.75 Å². The molecule has 106 valence electrons. The molecule has 1 nitrogen and oxygen atoms in total. The number of aryl methyl sites for hydroxylation is 2. The van der Waals surface area contributed by atoms with Gasteiger partial charge in [0, 0.05) is 21.2 Å². The van der Waals surface area contributed by atoms with Crippen molar-refractivity contribution in [3.63, 3.8) is 0 Å². The molecule has 2 rings (SSSR count). The molecule has 0 aliphatic heterocycles. The molecule has 0 saturated heterocycles. The van der Waals surface area contributed by atoms with Gasteiger partial charge in [-0.05, 0) is 61.2 Å². The normalized spacial score (nSPS) is 12.4. The molecule has 3 heteroatoms. The molecule has 2 N–H and O–H groups in total. The fourth-order valence-electron chi connectivity index (χ4n) is 2.03. The maximum Gasteiger partial charge on any atom is 0.0176 e. The topological polar surface area (TPSA) is 26.0 Å². The van der Waals surface area contributed by atoms with E-state index < -0.39 is 0 Å². The number of nitrogens with two attached hydrogens (primary N) is 1. The van der Waals surface area contributed by atoms with Crippen LogP contribution >= 0.6 is 27.7 Å². The summed E-state index contributed by atoms with van der Waals surface area (Å²) >= 11 is 5.27. The molecule has 2 aromatic carbocycles. The summed E-state index contributed by atoms with van der Waals surface area (Å²) in [5, 5.41) is 0. The summed E-state index contributed by atoms with van der Waals surface area (Å²) in [4.78, 5) is 1.27. The van der Waals surface area contributed by atoms with Gasteiger partial charge in [-0.1, -0.05) is 34.1 Å². The van der Waals surface area contributed by atoms with Crippen LogP contribution in [0.4, 0.5) is 0 Å². The molecule has 1 unspecified atom stereocenters. The van der Waals surface area contributed by atoms with Crippen molar-refractivity contribution in [1.29, 1.82) is 0 Å². The summed E-state index contributed by atoms with van der Waals surface area (Å²) in [6.45, 7) is 4.30. The summed E-state index contributed by atoms with van der Waals surface area (Å²) in [6, 6.07) is 15.2. The lowest BCUT2D eigenvalue weighted by Crippen LogP contribution is -2.25. The first-order valence-corrected chi connectivity index (χ1v) is 8.52. The van der Waals surface area contributed by atoms with Crippen LogP contribution in [0, 0.1) is 13.8 Å². The van der Waals surface area contributed by atoms with Gasteiger partial charge in [0.25, 0.3) is 0 Å². The molecule has 0 aromatic heterocycles. The van der Waals surface area contributed by atoms with Gasteiger partial charge in [0.15, 0.2) is 0 Å². The highest BCUT2D eigenvalue weighted by atomic mass is 79.9. The van der Waals surface area contributed by atoms with Crippen LogP contribution < -0.4 is 5.73 Å². The second kappa shape index (κ2) is 7.30. The zero-order chi connectivity index (χ0) is 14.5. The standard InChI is InChI=1S/C17H20BrNS/c1-12-3-4-14(9-13(12)2)10-16(19)11-20-17-7-5-15(18)6-8-17/h3-9,16H,10-11,19H2,1-2H3. The van der Waals surface area contributed by atoms with E-state index in [1.54, 1.807) is 0 Å². The minimum Gasteiger partial charge on any atom is -0.327 e. The van der Waals surface area contributed by atoms with E-state index in [4.69, 9.17) is 5.73 Å². The van der Waals surface area contributed by atoms with Crippen molar-refractivity contribution in [1.82, 2.24) is 0 Å². The molecule has 0 amide bonds. The third-order valence-electron chi connectivity index (χ3n) is 3.35. The van der Waals surface area contributed by atoms with Crippen LogP contribution in [-0.2, 0) is 6.42 Å². The average molecular weight is 350 g/mol. The molecule has 20 heavy (non-hydrogen) atoms. The number of halogens is 1. The highest BCUT2D eigenvalue weighted by molar-refractivity contribution is 9.10. The Labute approximate surface area is 134 Å². The Morgan fingerprint density at radius 1 is 1.05 bits per heavy atom. The molecule has 0 heterocycles. The minimum atomic E-state index is 0.186. The second-order valence-electron chi connectivity index (χ2n) is 5.15. The van der Waals surface area contributed by atoms with Gasteiger partial charge < -0.3 is 5.73 Å². The highest BCUT2D eigenvalue weighted by Gasteiger charge is 2.06. The first-order chi connectivity index (χ1) is 9.54. The van der Waals surface area contributed by atoms with Crippen LogP contribution in [0.2, 0.25) is 0 Å². The van der Waals surface area contributed by atoms with E-state index in [2.05, 4.69) is 72.2 Å². The highest BCUT2D eigenvalue weighted by Crippen LogP contribution is 2.22. The number of hydrogen-bond acceptors (Lipinski definition) is 2. The zero-order valence-corrected chi connectivity index (χ0v) is 14.3. The van der Waals surface area contributed by atoms with Crippen molar-refractivity contribution in [2.45, 2.75) is 31.2 Å². The number of hydrogen-bond donors (Lipinski definition) is 1. The van der Waals surface area contributed by atoms with Gasteiger partial charge in [-0.15, -0.1) is 11.8 Å². The zero-order valence-electron chi connectivity index (χ0n) is 11.9. The molecular weight excluding hydrogens is 330 g/mol. The smallest absolute Gasteiger partial charge is 0.0176 e. The van der Waals surface area contributed by atoms with Crippen molar-refractivity contribution < 1.29 is 0 Å².